The lowest BCUT2D eigenvalue weighted by Crippen LogP contribution is -2.25. The zero-order chi connectivity index (χ0) is 24.5. The molecule has 1 aliphatic heterocycles. The third-order valence-corrected chi connectivity index (χ3v) is 6.67. The monoisotopic (exact) mass is 417 g/mol. The van der Waals surface area contributed by atoms with Gasteiger partial charge in [-0.25, -0.2) is 0 Å². The summed E-state index contributed by atoms with van der Waals surface area (Å²) >= 11 is 0. The molecule has 0 radical (unpaired) electrons. The molecule has 1 N–H and O–H groups in total. The number of fused-ring (bicyclic) bond motifs is 1. The number of ether oxygens (including phenoxy) is 1. The molecule has 1 aliphatic carbocycles. The minimum atomic E-state index is -0.202. The maximum absolute atomic E-state index is 10.1. The van der Waals surface area contributed by atoms with Crippen molar-refractivity contribution in [2.75, 3.05) is 26.2 Å². The fourth-order valence-electron chi connectivity index (χ4n) is 5.11. The predicted octanol–water partition coefficient (Wildman–Crippen LogP) is 5.73. The number of nitrogens with zero attached hydrogens (tertiary/aromatic N) is 1. The first kappa shape index (κ1) is 15.9. The molecule has 0 spiro atoms. The summed E-state index contributed by atoms with van der Waals surface area (Å²) in [6, 6.07) is 14.8. The average molecular weight is 418 g/mol. The van der Waals surface area contributed by atoms with Gasteiger partial charge in [-0.05, 0) is 91.2 Å². The van der Waals surface area contributed by atoms with Gasteiger partial charge in [0.2, 0.25) is 0 Å². The van der Waals surface area contributed by atoms with Crippen LogP contribution in [0.3, 0.4) is 0 Å². The van der Waals surface area contributed by atoms with Gasteiger partial charge in [-0.3, -0.25) is 4.90 Å². The highest BCUT2D eigenvalue weighted by molar-refractivity contribution is 5.48. The normalized spacial score (nSPS) is 22.8. The molecule has 0 amide bonds. The van der Waals surface area contributed by atoms with E-state index >= 15 is 0 Å². The molecule has 3 aromatic rings. The molecule has 3 nitrogen and oxygen atoms in total. The zero-order valence-corrected chi connectivity index (χ0v) is 17.7. The van der Waals surface area contributed by atoms with Crippen molar-refractivity contribution in [3.05, 3.63) is 95.0 Å². The second-order valence-electron chi connectivity index (χ2n) is 8.59. The Labute approximate surface area is 190 Å². The van der Waals surface area contributed by atoms with Crippen LogP contribution in [-0.4, -0.2) is 36.2 Å². The molecular formula is C28H31NO2. The van der Waals surface area contributed by atoms with Crippen molar-refractivity contribution in [3.63, 3.8) is 0 Å². The molecule has 1 heterocycles. The SMILES string of the molecule is [2H]c1cc([C@H]2CCc3cc(O)ccc3[C@H]2c2ccc(OCCN3CCCC3)cc2)c([2H])c([2H])c1[2H]. The van der Waals surface area contributed by atoms with Crippen LogP contribution in [0.15, 0.2) is 72.7 Å². The van der Waals surface area contributed by atoms with Crippen molar-refractivity contribution in [1.29, 1.82) is 0 Å². The largest absolute Gasteiger partial charge is 0.508 e. The molecule has 0 saturated carbocycles. The third kappa shape index (κ3) is 4.47. The van der Waals surface area contributed by atoms with Gasteiger partial charge in [0.05, 0.1) is 5.48 Å². The molecule has 31 heavy (non-hydrogen) atoms. The third-order valence-electron chi connectivity index (χ3n) is 6.67. The Morgan fingerprint density at radius 2 is 1.81 bits per heavy atom. The first-order valence-electron chi connectivity index (χ1n) is 13.3. The summed E-state index contributed by atoms with van der Waals surface area (Å²) in [5.41, 5.74) is 3.89. The lowest BCUT2D eigenvalue weighted by molar-refractivity contribution is 0.237. The number of likely N-dealkylation sites (tertiary alicyclic amines) is 1. The van der Waals surface area contributed by atoms with Gasteiger partial charge in [0.25, 0.3) is 0 Å². The smallest absolute Gasteiger partial charge is 0.119 e. The fourth-order valence-corrected chi connectivity index (χ4v) is 5.11. The lowest BCUT2D eigenvalue weighted by atomic mass is 9.69. The summed E-state index contributed by atoms with van der Waals surface area (Å²) in [7, 11) is 0. The maximum atomic E-state index is 10.1. The number of rotatable bonds is 6. The number of aryl methyl sites for hydroxylation is 1. The number of benzene rings is 3. The minimum Gasteiger partial charge on any atom is -0.508 e. The number of phenols is 1. The van der Waals surface area contributed by atoms with Gasteiger partial charge in [0.1, 0.15) is 18.1 Å². The van der Waals surface area contributed by atoms with E-state index < -0.39 is 0 Å². The first-order chi connectivity index (χ1) is 16.9. The number of aromatic hydroxyl groups is 1. The van der Waals surface area contributed by atoms with E-state index in [-0.39, 0.29) is 41.8 Å². The lowest BCUT2D eigenvalue weighted by Gasteiger charge is -2.35. The van der Waals surface area contributed by atoms with E-state index in [1.807, 2.05) is 24.3 Å². The Morgan fingerprint density at radius 3 is 2.65 bits per heavy atom. The van der Waals surface area contributed by atoms with E-state index in [0.717, 1.165) is 54.9 Å². The molecule has 1 saturated heterocycles. The van der Waals surface area contributed by atoms with E-state index in [0.29, 0.717) is 12.2 Å². The number of phenolic OH excluding ortho intramolecular Hbond substituents is 1. The van der Waals surface area contributed by atoms with Crippen molar-refractivity contribution < 1.29 is 15.3 Å². The Kier molecular flexibility index (Phi) is 4.71. The van der Waals surface area contributed by atoms with Gasteiger partial charge < -0.3 is 9.84 Å². The minimum absolute atomic E-state index is 0.0157. The van der Waals surface area contributed by atoms with Gasteiger partial charge in [-0.2, -0.15) is 0 Å². The van der Waals surface area contributed by atoms with Crippen LogP contribution in [0.1, 0.15) is 58.8 Å². The Morgan fingerprint density at radius 1 is 0.968 bits per heavy atom. The van der Waals surface area contributed by atoms with Crippen LogP contribution in [0.25, 0.3) is 0 Å². The summed E-state index contributed by atoms with van der Waals surface area (Å²) in [5, 5.41) is 10.1. The standard InChI is InChI=1S/C28H31NO2/c30-24-11-15-27-23(20-24)10-14-26(21-6-2-1-3-7-21)28(27)22-8-12-25(13-9-22)31-19-18-29-16-4-5-17-29/h1-3,6-9,11-13,15,20,26,28,30H,4-5,10,14,16-19H2/t26-,28+/m1/s1/i1D,2D,3D,6D. The Hall–Kier alpha value is -2.78. The molecule has 3 aromatic carbocycles. The van der Waals surface area contributed by atoms with Crippen molar-refractivity contribution in [1.82, 2.24) is 4.90 Å². The fraction of sp³-hybridized carbons (Fsp3) is 0.357. The van der Waals surface area contributed by atoms with E-state index in [9.17, 15) is 5.11 Å². The molecule has 160 valence electrons. The van der Waals surface area contributed by atoms with Crippen molar-refractivity contribution in [2.24, 2.45) is 0 Å². The van der Waals surface area contributed by atoms with Crippen LogP contribution in [0, 0.1) is 0 Å². The van der Waals surface area contributed by atoms with Crippen LogP contribution in [0.4, 0.5) is 0 Å². The van der Waals surface area contributed by atoms with Crippen LogP contribution < -0.4 is 4.74 Å². The van der Waals surface area contributed by atoms with E-state index in [2.05, 4.69) is 17.0 Å². The van der Waals surface area contributed by atoms with Gasteiger partial charge in [-0.1, -0.05) is 48.4 Å². The molecule has 1 fully saturated rings. The highest BCUT2D eigenvalue weighted by atomic mass is 16.5. The second kappa shape index (κ2) is 9.15. The topological polar surface area (TPSA) is 32.7 Å². The molecule has 0 bridgehead atoms. The summed E-state index contributed by atoms with van der Waals surface area (Å²) in [6.07, 6.45) is 4.01. The van der Waals surface area contributed by atoms with Crippen molar-refractivity contribution in [3.8, 4) is 11.5 Å². The molecule has 5 rings (SSSR count). The number of hydrogen-bond acceptors (Lipinski definition) is 3. The quantitative estimate of drug-likeness (QED) is 0.556. The Bertz CT molecular complexity index is 1210. The van der Waals surface area contributed by atoms with Gasteiger partial charge in [0, 0.05) is 12.5 Å². The second-order valence-corrected chi connectivity index (χ2v) is 8.59. The van der Waals surface area contributed by atoms with Crippen LogP contribution >= 0.6 is 0 Å². The molecule has 0 unspecified atom stereocenters. The Balaban J connectivity index is 1.46. The first-order valence-corrected chi connectivity index (χ1v) is 11.3. The van der Waals surface area contributed by atoms with Gasteiger partial charge in [0.15, 0.2) is 0 Å². The average Bonchev–Trinajstić information content (AvgIpc) is 3.38. The zero-order valence-electron chi connectivity index (χ0n) is 21.7. The van der Waals surface area contributed by atoms with Gasteiger partial charge >= 0.3 is 0 Å². The molecule has 3 heteroatoms. The highest BCUT2D eigenvalue weighted by Gasteiger charge is 2.32. The van der Waals surface area contributed by atoms with E-state index in [4.69, 9.17) is 10.2 Å². The van der Waals surface area contributed by atoms with Gasteiger partial charge in [-0.15, -0.1) is 0 Å². The number of hydrogen-bond donors (Lipinski definition) is 1. The summed E-state index contributed by atoms with van der Waals surface area (Å²) in [6.45, 7) is 3.90. The van der Waals surface area contributed by atoms with Crippen LogP contribution in [0.5, 0.6) is 11.5 Å². The highest BCUT2D eigenvalue weighted by Crippen LogP contribution is 2.47. The van der Waals surface area contributed by atoms with E-state index in [1.54, 1.807) is 12.1 Å². The van der Waals surface area contributed by atoms with Crippen LogP contribution in [-0.2, 0) is 6.42 Å². The van der Waals surface area contributed by atoms with Crippen LogP contribution in [0.2, 0.25) is 0 Å². The molecule has 2 aliphatic rings. The maximum Gasteiger partial charge on any atom is 0.119 e. The molecule has 2 atom stereocenters. The molecule has 0 aromatic heterocycles. The summed E-state index contributed by atoms with van der Waals surface area (Å²) in [5.74, 6) is 0.880. The van der Waals surface area contributed by atoms with E-state index in [1.165, 1.54) is 12.8 Å². The van der Waals surface area contributed by atoms with Crippen molar-refractivity contribution in [2.45, 2.75) is 37.5 Å². The molecular weight excluding hydrogens is 382 g/mol. The predicted molar refractivity (Wildman–Crippen MR) is 125 cm³/mol. The van der Waals surface area contributed by atoms with Crippen molar-refractivity contribution >= 4 is 0 Å². The summed E-state index contributed by atoms with van der Waals surface area (Å²) in [4.78, 5) is 2.43. The summed E-state index contributed by atoms with van der Waals surface area (Å²) < 4.78 is 38.9.